The fraction of sp³-hybridized carbons (Fsp3) is 0.455. The lowest BCUT2D eigenvalue weighted by molar-refractivity contribution is 0.232. The topological polar surface area (TPSA) is 37.4 Å². The van der Waals surface area contributed by atoms with Crippen molar-refractivity contribution >= 4 is 9.84 Å². The summed E-state index contributed by atoms with van der Waals surface area (Å²) in [4.78, 5) is 2.45. The van der Waals surface area contributed by atoms with Gasteiger partial charge in [0.15, 0.2) is 9.84 Å². The zero-order chi connectivity index (χ0) is 20.3. The van der Waals surface area contributed by atoms with Crippen LogP contribution in [-0.4, -0.2) is 39.7 Å². The fourth-order valence-electron chi connectivity index (χ4n) is 4.07. The first-order valence-corrected chi connectivity index (χ1v) is 11.3. The second-order valence-electron chi connectivity index (χ2n) is 8.08. The average molecular weight is 408 g/mol. The highest BCUT2D eigenvalue weighted by Gasteiger charge is 2.27. The standard InChI is InChI=1S/C22H27F2NO2S/c1-25(2)14-16-3-5-17(6-4-16)15-28(26,27)20-10-7-18(8-11-20)21-12-9-19(23)13-22(21)24/h7-13,16-17H,3-6,14-15H2,1-2H3. The van der Waals surface area contributed by atoms with E-state index in [1.807, 2.05) is 0 Å². The predicted octanol–water partition coefficient (Wildman–Crippen LogP) is 4.77. The highest BCUT2D eigenvalue weighted by molar-refractivity contribution is 7.91. The highest BCUT2D eigenvalue weighted by atomic mass is 32.2. The van der Waals surface area contributed by atoms with Crippen molar-refractivity contribution < 1.29 is 17.2 Å². The Hall–Kier alpha value is -1.79. The third-order valence-electron chi connectivity index (χ3n) is 5.50. The molecule has 2 aromatic rings. The maximum atomic E-state index is 13.9. The number of hydrogen-bond donors (Lipinski definition) is 0. The van der Waals surface area contributed by atoms with Gasteiger partial charge in [-0.3, -0.25) is 0 Å². The highest BCUT2D eigenvalue weighted by Crippen LogP contribution is 2.32. The number of hydrogen-bond acceptors (Lipinski definition) is 3. The van der Waals surface area contributed by atoms with Gasteiger partial charge in [-0.05, 0) is 81.4 Å². The normalized spacial score (nSPS) is 20.5. The molecular formula is C22H27F2NO2S. The Morgan fingerprint density at radius 3 is 2.11 bits per heavy atom. The van der Waals surface area contributed by atoms with Crippen molar-refractivity contribution in [2.45, 2.75) is 30.6 Å². The van der Waals surface area contributed by atoms with E-state index in [4.69, 9.17) is 0 Å². The molecule has 0 atom stereocenters. The zero-order valence-electron chi connectivity index (χ0n) is 16.4. The summed E-state index contributed by atoms with van der Waals surface area (Å²) in [6.07, 6.45) is 4.02. The van der Waals surface area contributed by atoms with E-state index in [2.05, 4.69) is 19.0 Å². The Bertz CT molecular complexity index is 903. The van der Waals surface area contributed by atoms with Gasteiger partial charge in [-0.1, -0.05) is 12.1 Å². The van der Waals surface area contributed by atoms with Crippen molar-refractivity contribution in [1.82, 2.24) is 4.90 Å². The summed E-state index contributed by atoms with van der Waals surface area (Å²) in [6.45, 7) is 1.06. The Morgan fingerprint density at radius 1 is 0.929 bits per heavy atom. The van der Waals surface area contributed by atoms with E-state index in [1.54, 1.807) is 12.1 Å². The van der Waals surface area contributed by atoms with Crippen molar-refractivity contribution in [1.29, 1.82) is 0 Å². The molecule has 1 aliphatic rings. The van der Waals surface area contributed by atoms with Gasteiger partial charge in [-0.15, -0.1) is 0 Å². The molecule has 0 unspecified atom stereocenters. The molecule has 28 heavy (non-hydrogen) atoms. The fourth-order valence-corrected chi connectivity index (χ4v) is 5.77. The van der Waals surface area contributed by atoms with Crippen molar-refractivity contribution in [3.8, 4) is 11.1 Å². The van der Waals surface area contributed by atoms with Crippen LogP contribution < -0.4 is 0 Å². The van der Waals surface area contributed by atoms with Gasteiger partial charge in [0.2, 0.25) is 0 Å². The van der Waals surface area contributed by atoms with Gasteiger partial charge in [0.25, 0.3) is 0 Å². The molecule has 2 aromatic carbocycles. The summed E-state index contributed by atoms with van der Waals surface area (Å²) >= 11 is 0. The minimum absolute atomic E-state index is 0.159. The summed E-state index contributed by atoms with van der Waals surface area (Å²) in [5.41, 5.74) is 0.783. The quantitative estimate of drug-likeness (QED) is 0.692. The molecule has 0 bridgehead atoms. The van der Waals surface area contributed by atoms with Gasteiger partial charge in [0.1, 0.15) is 11.6 Å². The first-order chi connectivity index (χ1) is 13.2. The molecule has 1 fully saturated rings. The number of benzene rings is 2. The van der Waals surface area contributed by atoms with Gasteiger partial charge in [-0.2, -0.15) is 0 Å². The van der Waals surface area contributed by atoms with Crippen LogP contribution >= 0.6 is 0 Å². The Balaban J connectivity index is 1.66. The van der Waals surface area contributed by atoms with Gasteiger partial charge >= 0.3 is 0 Å². The lowest BCUT2D eigenvalue weighted by Gasteiger charge is -2.30. The van der Waals surface area contributed by atoms with Crippen LogP contribution in [-0.2, 0) is 9.84 Å². The summed E-state index contributed by atoms with van der Waals surface area (Å²) in [6, 6.07) is 9.58. The molecule has 0 aliphatic heterocycles. The molecule has 6 heteroatoms. The lowest BCUT2D eigenvalue weighted by Crippen LogP contribution is -2.28. The minimum Gasteiger partial charge on any atom is -0.309 e. The first kappa shape index (κ1) is 20.9. The number of sulfone groups is 1. The predicted molar refractivity (Wildman–Crippen MR) is 108 cm³/mol. The van der Waals surface area contributed by atoms with Gasteiger partial charge < -0.3 is 4.90 Å². The van der Waals surface area contributed by atoms with Crippen LogP contribution in [0.3, 0.4) is 0 Å². The van der Waals surface area contributed by atoms with Crippen LogP contribution in [0.15, 0.2) is 47.4 Å². The Morgan fingerprint density at radius 2 is 1.54 bits per heavy atom. The van der Waals surface area contributed by atoms with Crippen LogP contribution in [0.4, 0.5) is 8.78 Å². The van der Waals surface area contributed by atoms with Gasteiger partial charge in [0, 0.05) is 18.2 Å². The summed E-state index contributed by atoms with van der Waals surface area (Å²) in [7, 11) is 0.755. The lowest BCUT2D eigenvalue weighted by atomic mass is 9.83. The van der Waals surface area contributed by atoms with Crippen molar-refractivity contribution in [2.24, 2.45) is 11.8 Å². The monoisotopic (exact) mass is 407 g/mol. The molecule has 0 radical (unpaired) electrons. The van der Waals surface area contributed by atoms with Crippen LogP contribution in [0.5, 0.6) is 0 Å². The van der Waals surface area contributed by atoms with E-state index in [0.717, 1.165) is 38.3 Å². The van der Waals surface area contributed by atoms with Crippen molar-refractivity contribution in [3.63, 3.8) is 0 Å². The second-order valence-corrected chi connectivity index (χ2v) is 10.1. The van der Waals surface area contributed by atoms with Crippen LogP contribution in [0.1, 0.15) is 25.7 Å². The largest absolute Gasteiger partial charge is 0.309 e. The van der Waals surface area contributed by atoms with Crippen LogP contribution in [0.25, 0.3) is 11.1 Å². The first-order valence-electron chi connectivity index (χ1n) is 9.67. The van der Waals surface area contributed by atoms with Gasteiger partial charge in [-0.25, -0.2) is 17.2 Å². The molecule has 3 nitrogen and oxygen atoms in total. The Labute approximate surface area is 166 Å². The number of halogens is 2. The molecule has 0 N–H and O–H groups in total. The molecular weight excluding hydrogens is 380 g/mol. The molecule has 152 valence electrons. The van der Waals surface area contributed by atoms with E-state index < -0.39 is 21.5 Å². The van der Waals surface area contributed by atoms with Crippen LogP contribution in [0.2, 0.25) is 0 Å². The molecule has 0 saturated heterocycles. The molecule has 1 saturated carbocycles. The average Bonchev–Trinajstić information content (AvgIpc) is 2.63. The van der Waals surface area contributed by atoms with E-state index in [9.17, 15) is 17.2 Å². The third-order valence-corrected chi connectivity index (χ3v) is 7.40. The van der Waals surface area contributed by atoms with Crippen molar-refractivity contribution in [3.05, 3.63) is 54.1 Å². The Kier molecular flexibility index (Phi) is 6.50. The smallest absolute Gasteiger partial charge is 0.178 e. The second kappa shape index (κ2) is 8.70. The molecule has 0 aromatic heterocycles. The molecule has 0 spiro atoms. The molecule has 0 amide bonds. The maximum absolute atomic E-state index is 13.9. The SMILES string of the molecule is CN(C)CC1CCC(CS(=O)(=O)c2ccc(-c3ccc(F)cc3F)cc2)CC1. The minimum atomic E-state index is -3.38. The molecule has 3 rings (SSSR count). The van der Waals surface area contributed by atoms with Gasteiger partial charge in [0.05, 0.1) is 10.6 Å². The molecule has 1 aliphatic carbocycles. The maximum Gasteiger partial charge on any atom is 0.178 e. The summed E-state index contributed by atoms with van der Waals surface area (Å²) < 4.78 is 52.6. The molecule has 0 heterocycles. The number of rotatable bonds is 6. The van der Waals surface area contributed by atoms with Crippen LogP contribution in [0, 0.1) is 23.5 Å². The summed E-state index contributed by atoms with van der Waals surface area (Å²) in [5, 5.41) is 0. The zero-order valence-corrected chi connectivity index (χ0v) is 17.2. The van der Waals surface area contributed by atoms with Crippen molar-refractivity contribution in [2.75, 3.05) is 26.4 Å². The van der Waals surface area contributed by atoms with E-state index >= 15 is 0 Å². The number of nitrogens with zero attached hydrogens (tertiary/aromatic N) is 1. The third kappa shape index (κ3) is 5.17. The van der Waals surface area contributed by atoms with E-state index in [-0.39, 0.29) is 22.1 Å². The van der Waals surface area contributed by atoms with E-state index in [1.165, 1.54) is 24.3 Å². The van der Waals surface area contributed by atoms with E-state index in [0.29, 0.717) is 11.5 Å². The summed E-state index contributed by atoms with van der Waals surface area (Å²) in [5.74, 6) is -0.298.